The quantitative estimate of drug-likeness (QED) is 0.649. The van der Waals surface area contributed by atoms with Gasteiger partial charge in [0.1, 0.15) is 11.4 Å². The second-order valence-electron chi connectivity index (χ2n) is 6.21. The van der Waals surface area contributed by atoms with Crippen molar-refractivity contribution in [2.45, 2.75) is 20.3 Å². The number of rotatable bonds is 5. The van der Waals surface area contributed by atoms with Crippen LogP contribution in [0.25, 0.3) is 11.0 Å². The van der Waals surface area contributed by atoms with E-state index in [1.807, 2.05) is 26.0 Å². The average molecular weight is 390 g/mol. The van der Waals surface area contributed by atoms with Crippen LogP contribution in [-0.4, -0.2) is 18.5 Å². The first-order chi connectivity index (χ1) is 12.8. The van der Waals surface area contributed by atoms with E-state index in [4.69, 9.17) is 20.8 Å². The zero-order valence-electron chi connectivity index (χ0n) is 14.8. The third-order valence-electron chi connectivity index (χ3n) is 4.17. The Bertz CT molecular complexity index is 1030. The van der Waals surface area contributed by atoms with Crippen LogP contribution in [0.2, 0.25) is 5.02 Å². The summed E-state index contributed by atoms with van der Waals surface area (Å²) in [6, 6.07) is 7.65. The maximum atomic E-state index is 13.1. The molecule has 1 N–H and O–H groups in total. The molecule has 0 aliphatic carbocycles. The van der Waals surface area contributed by atoms with Crippen LogP contribution in [0.15, 0.2) is 41.0 Å². The highest BCUT2D eigenvalue weighted by Crippen LogP contribution is 2.25. The molecular weight excluding hydrogens is 373 g/mol. The van der Waals surface area contributed by atoms with Crippen molar-refractivity contribution in [2.24, 2.45) is 0 Å². The van der Waals surface area contributed by atoms with Gasteiger partial charge in [-0.15, -0.1) is 0 Å². The van der Waals surface area contributed by atoms with E-state index in [2.05, 4.69) is 5.32 Å². The fourth-order valence-electron chi connectivity index (χ4n) is 2.60. The molecule has 1 heterocycles. The lowest BCUT2D eigenvalue weighted by Gasteiger charge is -2.07. The van der Waals surface area contributed by atoms with Crippen molar-refractivity contribution in [3.05, 3.63) is 64.1 Å². The number of halogens is 2. The molecule has 27 heavy (non-hydrogen) atoms. The first-order valence-electron chi connectivity index (χ1n) is 8.21. The molecular formula is C20H17ClFNO4. The Balaban J connectivity index is 1.57. The fraction of sp³-hybridized carbons (Fsp3) is 0.200. The molecule has 0 fully saturated rings. The highest BCUT2D eigenvalue weighted by Gasteiger charge is 2.14. The van der Waals surface area contributed by atoms with Gasteiger partial charge in [0.2, 0.25) is 0 Å². The zero-order valence-corrected chi connectivity index (χ0v) is 15.5. The summed E-state index contributed by atoms with van der Waals surface area (Å²) in [6.45, 7) is 3.51. The first-order valence-corrected chi connectivity index (χ1v) is 8.59. The van der Waals surface area contributed by atoms with E-state index in [9.17, 15) is 14.0 Å². The minimum Gasteiger partial charge on any atom is -0.464 e. The number of esters is 1. The fourth-order valence-corrected chi connectivity index (χ4v) is 2.78. The number of ether oxygens (including phenoxy) is 1. The zero-order chi connectivity index (χ0) is 19.6. The van der Waals surface area contributed by atoms with Gasteiger partial charge in [0.25, 0.3) is 5.91 Å². The van der Waals surface area contributed by atoms with Crippen molar-refractivity contribution in [1.29, 1.82) is 0 Å². The van der Waals surface area contributed by atoms with E-state index in [1.165, 1.54) is 18.4 Å². The van der Waals surface area contributed by atoms with Crippen molar-refractivity contribution in [3.63, 3.8) is 0 Å². The van der Waals surface area contributed by atoms with Crippen molar-refractivity contribution < 1.29 is 23.1 Å². The molecule has 140 valence electrons. The van der Waals surface area contributed by atoms with Crippen molar-refractivity contribution in [3.8, 4) is 0 Å². The van der Waals surface area contributed by atoms with Gasteiger partial charge in [-0.2, -0.15) is 0 Å². The smallest absolute Gasteiger partial charge is 0.310 e. The lowest BCUT2D eigenvalue weighted by Crippen LogP contribution is -2.21. The SMILES string of the molecule is Cc1cc2occ(CC(=O)OCC(=O)Nc3ccc(F)c(Cl)c3)c2cc1C. The van der Waals surface area contributed by atoms with Crippen molar-refractivity contribution in [1.82, 2.24) is 0 Å². The van der Waals surface area contributed by atoms with Crippen LogP contribution in [-0.2, 0) is 20.7 Å². The Kier molecular flexibility index (Phi) is 5.46. The number of carbonyl (C=O) groups excluding carboxylic acids is 2. The van der Waals surface area contributed by atoms with Crippen LogP contribution in [0.1, 0.15) is 16.7 Å². The number of anilines is 1. The van der Waals surface area contributed by atoms with E-state index >= 15 is 0 Å². The predicted octanol–water partition coefficient (Wildman–Crippen LogP) is 4.57. The summed E-state index contributed by atoms with van der Waals surface area (Å²) in [6.07, 6.45) is 1.51. The highest BCUT2D eigenvalue weighted by atomic mass is 35.5. The van der Waals surface area contributed by atoms with Gasteiger partial charge in [0.15, 0.2) is 6.61 Å². The summed E-state index contributed by atoms with van der Waals surface area (Å²) in [7, 11) is 0. The van der Waals surface area contributed by atoms with E-state index < -0.39 is 24.3 Å². The van der Waals surface area contributed by atoms with Gasteiger partial charge in [0.05, 0.1) is 17.7 Å². The van der Waals surface area contributed by atoms with Crippen LogP contribution in [0.5, 0.6) is 0 Å². The molecule has 0 spiro atoms. The van der Waals surface area contributed by atoms with Crippen LogP contribution < -0.4 is 5.32 Å². The molecule has 0 unspecified atom stereocenters. The molecule has 0 radical (unpaired) electrons. The minimum atomic E-state index is -0.584. The van der Waals surface area contributed by atoms with Gasteiger partial charge in [-0.1, -0.05) is 11.6 Å². The Morgan fingerprint density at radius 1 is 1.19 bits per heavy atom. The molecule has 5 nitrogen and oxygen atoms in total. The molecule has 1 amide bonds. The van der Waals surface area contributed by atoms with E-state index in [0.717, 1.165) is 22.6 Å². The summed E-state index contributed by atoms with van der Waals surface area (Å²) < 4.78 is 23.6. The van der Waals surface area contributed by atoms with Crippen molar-refractivity contribution in [2.75, 3.05) is 11.9 Å². The van der Waals surface area contributed by atoms with Crippen LogP contribution in [0.3, 0.4) is 0 Å². The maximum absolute atomic E-state index is 13.1. The van der Waals surface area contributed by atoms with Crippen LogP contribution >= 0.6 is 11.6 Å². The molecule has 0 atom stereocenters. The molecule has 0 saturated carbocycles. The van der Waals surface area contributed by atoms with E-state index in [0.29, 0.717) is 16.8 Å². The monoisotopic (exact) mass is 389 g/mol. The van der Waals surface area contributed by atoms with Gasteiger partial charge in [-0.05, 0) is 55.3 Å². The minimum absolute atomic E-state index is 0.00877. The van der Waals surface area contributed by atoms with Crippen molar-refractivity contribution >= 4 is 40.1 Å². The molecule has 0 saturated heterocycles. The molecule has 7 heteroatoms. The number of hydrogen-bond donors (Lipinski definition) is 1. The number of nitrogens with one attached hydrogen (secondary N) is 1. The Labute approximate surface area is 160 Å². The highest BCUT2D eigenvalue weighted by molar-refractivity contribution is 6.31. The molecule has 2 aromatic carbocycles. The number of aryl methyl sites for hydroxylation is 2. The first kappa shape index (κ1) is 18.9. The average Bonchev–Trinajstić information content (AvgIpc) is 2.98. The number of fused-ring (bicyclic) bond motifs is 1. The van der Waals surface area contributed by atoms with Gasteiger partial charge in [0, 0.05) is 16.6 Å². The van der Waals surface area contributed by atoms with Gasteiger partial charge < -0.3 is 14.5 Å². The summed E-state index contributed by atoms with van der Waals surface area (Å²) in [5.41, 5.74) is 3.91. The number of furan rings is 1. The molecule has 0 aliphatic rings. The van der Waals surface area contributed by atoms with Gasteiger partial charge in [-0.25, -0.2) is 4.39 Å². The Hall–Kier alpha value is -2.86. The summed E-state index contributed by atoms with van der Waals surface area (Å²) in [5, 5.41) is 3.22. The lowest BCUT2D eigenvalue weighted by molar-refractivity contribution is -0.146. The predicted molar refractivity (Wildman–Crippen MR) is 100 cm³/mol. The summed E-state index contributed by atoms with van der Waals surface area (Å²) in [5.74, 6) is -1.68. The van der Waals surface area contributed by atoms with Gasteiger partial charge in [-0.3, -0.25) is 9.59 Å². The molecule has 1 aromatic heterocycles. The third kappa shape index (κ3) is 4.46. The normalized spacial score (nSPS) is 10.8. The number of hydrogen-bond acceptors (Lipinski definition) is 4. The standard InChI is InChI=1S/C20H17ClFNO4/c1-11-5-15-13(9-26-18(15)6-12(11)2)7-20(25)27-10-19(24)23-14-3-4-17(22)16(21)8-14/h3-6,8-9H,7,10H2,1-2H3,(H,23,24). The Morgan fingerprint density at radius 2 is 1.93 bits per heavy atom. The maximum Gasteiger partial charge on any atom is 0.310 e. The third-order valence-corrected chi connectivity index (χ3v) is 4.46. The van der Waals surface area contributed by atoms with E-state index in [1.54, 1.807) is 0 Å². The molecule has 3 aromatic rings. The molecule has 0 bridgehead atoms. The second kappa shape index (κ2) is 7.80. The number of carbonyl (C=O) groups is 2. The van der Waals surface area contributed by atoms with Crippen LogP contribution in [0.4, 0.5) is 10.1 Å². The van der Waals surface area contributed by atoms with Crippen LogP contribution in [0, 0.1) is 19.7 Å². The van der Waals surface area contributed by atoms with Gasteiger partial charge >= 0.3 is 5.97 Å². The van der Waals surface area contributed by atoms with E-state index in [-0.39, 0.29) is 11.4 Å². The summed E-state index contributed by atoms with van der Waals surface area (Å²) >= 11 is 5.65. The largest absolute Gasteiger partial charge is 0.464 e. The lowest BCUT2D eigenvalue weighted by atomic mass is 10.0. The number of amides is 1. The molecule has 0 aliphatic heterocycles. The molecule has 3 rings (SSSR count). The number of benzene rings is 2. The second-order valence-corrected chi connectivity index (χ2v) is 6.62. The Morgan fingerprint density at radius 3 is 2.67 bits per heavy atom. The summed E-state index contributed by atoms with van der Waals surface area (Å²) in [4.78, 5) is 23.9. The topological polar surface area (TPSA) is 68.5 Å².